The van der Waals surface area contributed by atoms with Gasteiger partial charge in [-0.3, -0.25) is 9.59 Å². The Morgan fingerprint density at radius 1 is 0.967 bits per heavy atom. The molecular weight excluding hydrogens is 378 g/mol. The molecule has 6 heteroatoms. The number of carbonyl (C=O) groups excluding carboxylic acids is 2. The predicted octanol–water partition coefficient (Wildman–Crippen LogP) is 3.39. The molecule has 0 radical (unpaired) electrons. The molecule has 154 valence electrons. The number of benzene rings is 3. The summed E-state index contributed by atoms with van der Waals surface area (Å²) in [5, 5.41) is 4.76. The van der Waals surface area contributed by atoms with E-state index in [-0.39, 0.29) is 18.4 Å². The second kappa shape index (κ2) is 8.97. The lowest BCUT2D eigenvalue weighted by atomic mass is 10.0. The third-order valence-electron chi connectivity index (χ3n) is 5.27. The SMILES string of the molecule is CN(CC(=O)Nc1ccc(N2CCOCC2)cc1)C(=O)c1cccc2ccccc12. The molecule has 6 nitrogen and oxygen atoms in total. The highest BCUT2D eigenvalue weighted by Crippen LogP contribution is 2.21. The zero-order chi connectivity index (χ0) is 20.9. The molecule has 0 bridgehead atoms. The van der Waals surface area contributed by atoms with Crippen LogP contribution in [0.25, 0.3) is 10.8 Å². The topological polar surface area (TPSA) is 61.9 Å². The molecule has 1 aliphatic heterocycles. The van der Waals surface area contributed by atoms with Gasteiger partial charge in [0.05, 0.1) is 19.8 Å². The number of amides is 2. The van der Waals surface area contributed by atoms with Gasteiger partial charge >= 0.3 is 0 Å². The van der Waals surface area contributed by atoms with Crippen LogP contribution < -0.4 is 10.2 Å². The highest BCUT2D eigenvalue weighted by atomic mass is 16.5. The quantitative estimate of drug-likeness (QED) is 0.709. The van der Waals surface area contributed by atoms with Crippen LogP contribution in [0, 0.1) is 0 Å². The van der Waals surface area contributed by atoms with Crippen molar-refractivity contribution in [3.63, 3.8) is 0 Å². The Labute approximate surface area is 176 Å². The van der Waals surface area contributed by atoms with Gasteiger partial charge in [-0.2, -0.15) is 0 Å². The van der Waals surface area contributed by atoms with Gasteiger partial charge in [-0.15, -0.1) is 0 Å². The lowest BCUT2D eigenvalue weighted by Gasteiger charge is -2.28. The van der Waals surface area contributed by atoms with Gasteiger partial charge in [-0.1, -0.05) is 36.4 Å². The van der Waals surface area contributed by atoms with Gasteiger partial charge in [0.1, 0.15) is 0 Å². The van der Waals surface area contributed by atoms with Crippen LogP contribution in [0.1, 0.15) is 10.4 Å². The zero-order valence-corrected chi connectivity index (χ0v) is 17.0. The predicted molar refractivity (Wildman–Crippen MR) is 119 cm³/mol. The summed E-state index contributed by atoms with van der Waals surface area (Å²) in [6.07, 6.45) is 0. The molecule has 0 saturated carbocycles. The van der Waals surface area contributed by atoms with Crippen molar-refractivity contribution in [3.8, 4) is 0 Å². The second-order valence-corrected chi connectivity index (χ2v) is 7.38. The lowest BCUT2D eigenvalue weighted by molar-refractivity contribution is -0.116. The van der Waals surface area contributed by atoms with E-state index in [0.717, 1.165) is 42.8 Å². The molecule has 0 aromatic heterocycles. The average molecular weight is 403 g/mol. The summed E-state index contributed by atoms with van der Waals surface area (Å²) >= 11 is 0. The van der Waals surface area contributed by atoms with Crippen LogP contribution in [0.5, 0.6) is 0 Å². The summed E-state index contributed by atoms with van der Waals surface area (Å²) < 4.78 is 5.38. The van der Waals surface area contributed by atoms with Gasteiger partial charge < -0.3 is 19.9 Å². The van der Waals surface area contributed by atoms with Gasteiger partial charge in [0, 0.05) is 37.1 Å². The van der Waals surface area contributed by atoms with E-state index in [0.29, 0.717) is 11.3 Å². The highest BCUT2D eigenvalue weighted by molar-refractivity contribution is 6.08. The van der Waals surface area contributed by atoms with E-state index in [4.69, 9.17) is 4.74 Å². The number of rotatable bonds is 5. The molecule has 3 aromatic rings. The standard InChI is InChI=1S/C24H25N3O3/c1-26(24(29)22-8-4-6-18-5-2-3-7-21(18)22)17-23(28)25-19-9-11-20(12-10-19)27-13-15-30-16-14-27/h2-12H,13-17H2,1H3,(H,25,28). The Kier molecular flexibility index (Phi) is 5.95. The summed E-state index contributed by atoms with van der Waals surface area (Å²) in [4.78, 5) is 29.1. The fraction of sp³-hybridized carbons (Fsp3) is 0.250. The van der Waals surface area contributed by atoms with Crippen LogP contribution in [0.2, 0.25) is 0 Å². The summed E-state index contributed by atoms with van der Waals surface area (Å²) in [5.74, 6) is -0.408. The van der Waals surface area contributed by atoms with Crippen molar-refractivity contribution in [3.05, 3.63) is 72.3 Å². The van der Waals surface area contributed by atoms with E-state index in [9.17, 15) is 9.59 Å². The van der Waals surface area contributed by atoms with E-state index in [2.05, 4.69) is 10.2 Å². The van der Waals surface area contributed by atoms with Gasteiger partial charge in [0.25, 0.3) is 5.91 Å². The van der Waals surface area contributed by atoms with Crippen molar-refractivity contribution in [2.75, 3.05) is 50.1 Å². The van der Waals surface area contributed by atoms with Gasteiger partial charge in [-0.05, 0) is 41.1 Å². The minimum Gasteiger partial charge on any atom is -0.378 e. The minimum absolute atomic E-state index is 0.0206. The van der Waals surface area contributed by atoms with Crippen LogP contribution in [0.3, 0.4) is 0 Å². The Morgan fingerprint density at radius 3 is 2.43 bits per heavy atom. The molecule has 4 rings (SSSR count). The van der Waals surface area contributed by atoms with E-state index in [1.54, 1.807) is 13.1 Å². The minimum atomic E-state index is -0.231. The van der Waals surface area contributed by atoms with Gasteiger partial charge in [-0.25, -0.2) is 0 Å². The summed E-state index contributed by atoms with van der Waals surface area (Å²) in [6, 6.07) is 21.1. The fourth-order valence-corrected chi connectivity index (χ4v) is 3.68. The van der Waals surface area contributed by atoms with E-state index in [1.165, 1.54) is 4.90 Å². The van der Waals surface area contributed by atoms with Gasteiger partial charge in [0.2, 0.25) is 5.91 Å². The molecule has 1 N–H and O–H groups in total. The van der Waals surface area contributed by atoms with Crippen LogP contribution in [-0.4, -0.2) is 56.6 Å². The van der Waals surface area contributed by atoms with Crippen molar-refractivity contribution in [2.45, 2.75) is 0 Å². The first-order chi connectivity index (χ1) is 14.6. The Balaban J connectivity index is 1.38. The average Bonchev–Trinajstić information content (AvgIpc) is 2.79. The largest absolute Gasteiger partial charge is 0.378 e. The first-order valence-corrected chi connectivity index (χ1v) is 10.1. The van der Waals surface area contributed by atoms with Crippen molar-refractivity contribution in [1.29, 1.82) is 0 Å². The molecule has 2 amide bonds. The Morgan fingerprint density at radius 2 is 1.67 bits per heavy atom. The third kappa shape index (κ3) is 4.44. The first-order valence-electron chi connectivity index (χ1n) is 10.1. The molecule has 0 aliphatic carbocycles. The van der Waals surface area contributed by atoms with E-state index in [1.807, 2.05) is 60.7 Å². The molecule has 0 spiro atoms. The number of hydrogen-bond donors (Lipinski definition) is 1. The molecule has 1 aliphatic rings. The first kappa shape index (κ1) is 19.9. The number of anilines is 2. The molecule has 1 saturated heterocycles. The van der Waals surface area contributed by atoms with Crippen LogP contribution in [-0.2, 0) is 9.53 Å². The van der Waals surface area contributed by atoms with Crippen LogP contribution >= 0.6 is 0 Å². The molecule has 1 heterocycles. The number of morpholine rings is 1. The van der Waals surface area contributed by atoms with E-state index < -0.39 is 0 Å². The number of likely N-dealkylation sites (N-methyl/N-ethyl adjacent to an activating group) is 1. The number of hydrogen-bond acceptors (Lipinski definition) is 4. The number of ether oxygens (including phenoxy) is 1. The summed E-state index contributed by atoms with van der Waals surface area (Å²) in [7, 11) is 1.64. The van der Waals surface area contributed by atoms with Crippen molar-refractivity contribution >= 4 is 34.0 Å². The van der Waals surface area contributed by atoms with Gasteiger partial charge in [0.15, 0.2) is 0 Å². The summed E-state index contributed by atoms with van der Waals surface area (Å²) in [5.41, 5.74) is 2.42. The molecule has 0 atom stereocenters. The molecule has 30 heavy (non-hydrogen) atoms. The maximum atomic E-state index is 12.9. The maximum Gasteiger partial charge on any atom is 0.254 e. The lowest BCUT2D eigenvalue weighted by Crippen LogP contribution is -2.36. The molecular formula is C24H25N3O3. The van der Waals surface area contributed by atoms with E-state index >= 15 is 0 Å². The Bertz CT molecular complexity index is 1040. The number of nitrogens with zero attached hydrogens (tertiary/aromatic N) is 2. The highest BCUT2D eigenvalue weighted by Gasteiger charge is 2.17. The third-order valence-corrected chi connectivity index (χ3v) is 5.27. The Hall–Kier alpha value is -3.38. The number of fused-ring (bicyclic) bond motifs is 1. The van der Waals surface area contributed by atoms with Crippen molar-refractivity contribution < 1.29 is 14.3 Å². The second-order valence-electron chi connectivity index (χ2n) is 7.38. The monoisotopic (exact) mass is 403 g/mol. The molecule has 3 aromatic carbocycles. The smallest absolute Gasteiger partial charge is 0.254 e. The fourth-order valence-electron chi connectivity index (χ4n) is 3.68. The molecule has 1 fully saturated rings. The van der Waals surface area contributed by atoms with Crippen molar-refractivity contribution in [2.24, 2.45) is 0 Å². The normalized spacial score (nSPS) is 13.8. The van der Waals surface area contributed by atoms with Crippen molar-refractivity contribution in [1.82, 2.24) is 4.90 Å². The van der Waals surface area contributed by atoms with Crippen LogP contribution in [0.4, 0.5) is 11.4 Å². The maximum absolute atomic E-state index is 12.9. The number of carbonyl (C=O) groups is 2. The van der Waals surface area contributed by atoms with Crippen LogP contribution in [0.15, 0.2) is 66.7 Å². The number of nitrogens with one attached hydrogen (secondary N) is 1. The summed E-state index contributed by atoms with van der Waals surface area (Å²) in [6.45, 7) is 3.18. The zero-order valence-electron chi connectivity index (χ0n) is 17.0. The molecule has 0 unspecified atom stereocenters.